The van der Waals surface area contributed by atoms with E-state index in [1.165, 1.54) is 16.9 Å². The molecule has 13 heteroatoms. The molecule has 2 aromatic heterocycles. The quantitative estimate of drug-likeness (QED) is 0.0737. The van der Waals surface area contributed by atoms with E-state index in [0.29, 0.717) is 29.6 Å². The first kappa shape index (κ1) is 38.2. The summed E-state index contributed by atoms with van der Waals surface area (Å²) in [6, 6.07) is 19.5. The number of likely N-dealkylation sites (tertiary alicyclic amines) is 1. The molecular weight excluding hydrogens is 722 g/mol. The molecule has 5 heterocycles. The number of nitrogens with zero attached hydrogens (tertiary/aromatic N) is 3. The van der Waals surface area contributed by atoms with Gasteiger partial charge in [-0.1, -0.05) is 43.7 Å². The first-order valence-corrected chi connectivity index (χ1v) is 21.9. The summed E-state index contributed by atoms with van der Waals surface area (Å²) in [4.78, 5) is 49.8. The molecule has 3 unspecified atom stereocenters. The van der Waals surface area contributed by atoms with Crippen molar-refractivity contribution in [3.63, 3.8) is 0 Å². The molecule has 11 nitrogen and oxygen atoms in total. The SMILES string of the molecule is CCCCOC(=O)[C@H](C)NP(=O)(Cc1ccc2sc(C(=O)N[C@H]3CCCC4CCC(CN5CC(c6cccnc6)C5)N4C3=O)cc2c1)Oc1ccccc1. The van der Waals surface area contributed by atoms with Crippen LogP contribution < -0.4 is 14.9 Å². The number of thiophene rings is 1. The van der Waals surface area contributed by atoms with Crippen molar-refractivity contribution < 1.29 is 28.2 Å². The van der Waals surface area contributed by atoms with E-state index in [9.17, 15) is 18.9 Å². The maximum atomic E-state index is 14.3. The van der Waals surface area contributed by atoms with Gasteiger partial charge in [0.05, 0.1) is 17.6 Å². The molecule has 0 spiro atoms. The molecule has 5 atom stereocenters. The Morgan fingerprint density at radius 3 is 2.65 bits per heavy atom. The fourth-order valence-electron chi connectivity index (χ4n) is 7.94. The van der Waals surface area contributed by atoms with E-state index in [0.717, 1.165) is 73.8 Å². The highest BCUT2D eigenvalue weighted by Gasteiger charge is 2.43. The molecule has 0 radical (unpaired) electrons. The number of carbonyl (C=O) groups is 3. The van der Waals surface area contributed by atoms with Gasteiger partial charge in [-0.15, -0.1) is 11.3 Å². The Hall–Kier alpha value is -4.09. The van der Waals surface area contributed by atoms with Crippen LogP contribution in [0, 0.1) is 0 Å². The minimum Gasteiger partial charge on any atom is -0.465 e. The molecule has 3 aliphatic rings. The Morgan fingerprint density at radius 2 is 1.87 bits per heavy atom. The number of unbranched alkanes of at least 4 members (excludes halogenated alkanes) is 1. The minimum absolute atomic E-state index is 0.0120. The van der Waals surface area contributed by atoms with Gasteiger partial charge in [0, 0.05) is 54.7 Å². The van der Waals surface area contributed by atoms with E-state index in [4.69, 9.17) is 9.26 Å². The predicted molar refractivity (Wildman–Crippen MR) is 211 cm³/mol. The van der Waals surface area contributed by atoms with Gasteiger partial charge in [-0.25, -0.2) is 5.09 Å². The summed E-state index contributed by atoms with van der Waals surface area (Å²) in [6.45, 7) is 6.75. The lowest BCUT2D eigenvalue weighted by Crippen LogP contribution is -2.55. The van der Waals surface area contributed by atoms with Crippen LogP contribution in [0.4, 0.5) is 0 Å². The molecule has 2 N–H and O–H groups in total. The maximum Gasteiger partial charge on any atom is 0.323 e. The number of carbonyl (C=O) groups excluding carboxylic acids is 3. The van der Waals surface area contributed by atoms with Crippen molar-refractivity contribution in [2.75, 3.05) is 26.2 Å². The first-order valence-electron chi connectivity index (χ1n) is 19.2. The summed E-state index contributed by atoms with van der Waals surface area (Å²) in [5.41, 5.74) is 1.99. The molecular formula is C41H50N5O6PS. The summed E-state index contributed by atoms with van der Waals surface area (Å²) < 4.78 is 26.6. The molecule has 2 aromatic carbocycles. The lowest BCUT2D eigenvalue weighted by atomic mass is 9.92. The number of benzene rings is 2. The maximum absolute atomic E-state index is 14.3. The van der Waals surface area contributed by atoms with Crippen LogP contribution in [0.5, 0.6) is 5.75 Å². The minimum atomic E-state index is -3.65. The number of amides is 2. The Morgan fingerprint density at radius 1 is 1.04 bits per heavy atom. The Kier molecular flexibility index (Phi) is 12.1. The van der Waals surface area contributed by atoms with E-state index in [1.54, 1.807) is 37.4 Å². The van der Waals surface area contributed by atoms with Gasteiger partial charge in [-0.3, -0.25) is 28.8 Å². The first-order chi connectivity index (χ1) is 26.2. The number of fused-ring (bicyclic) bond motifs is 2. The van der Waals surface area contributed by atoms with E-state index >= 15 is 0 Å². The number of rotatable bonds is 15. The van der Waals surface area contributed by atoms with Crippen LogP contribution in [-0.4, -0.2) is 83.0 Å². The Bertz CT molecular complexity index is 1970. The van der Waals surface area contributed by atoms with Crippen LogP contribution >= 0.6 is 18.9 Å². The number of ether oxygens (including phenoxy) is 1. The predicted octanol–water partition coefficient (Wildman–Crippen LogP) is 7.13. The number of hydrogen-bond acceptors (Lipinski definition) is 9. The number of esters is 1. The van der Waals surface area contributed by atoms with Crippen molar-refractivity contribution in [1.29, 1.82) is 0 Å². The van der Waals surface area contributed by atoms with Gasteiger partial charge in [0.1, 0.15) is 17.8 Å². The third kappa shape index (κ3) is 9.05. The second-order valence-corrected chi connectivity index (χ2v) is 18.1. The van der Waals surface area contributed by atoms with Crippen LogP contribution in [0.3, 0.4) is 0 Å². The summed E-state index contributed by atoms with van der Waals surface area (Å²) in [5, 5.41) is 6.87. The fraction of sp³-hybridized carbons (Fsp3) is 0.463. The standard InChI is InChI=1S/C41H50N5O6PS/c1-3-4-20-51-41(49)28(2)44-53(50,52-35-12-6-5-7-13-35)27-29-15-18-37-31(21-29)22-38(54-37)39(47)43-36-14-8-11-33-16-17-34(46(33)40(36)48)26-45-24-32(25-45)30-10-9-19-42-23-30/h5-7,9-10,12-13,15,18-19,21-23,28,32-34,36H,3-4,8,11,14,16-17,20,24-27H2,1-2H3,(H,43,47)(H,44,50)/t28-,33?,34?,36-,53?/m0/s1. The largest absolute Gasteiger partial charge is 0.465 e. The second kappa shape index (κ2) is 17.1. The van der Waals surface area contributed by atoms with Crippen molar-refractivity contribution in [3.8, 4) is 5.75 Å². The third-order valence-corrected chi connectivity index (χ3v) is 14.0. The number of nitrogens with one attached hydrogen (secondary N) is 2. The van der Waals surface area contributed by atoms with Crippen LogP contribution in [0.25, 0.3) is 10.1 Å². The average Bonchev–Trinajstić information content (AvgIpc) is 3.72. The van der Waals surface area contributed by atoms with Crippen LogP contribution in [0.1, 0.15) is 85.5 Å². The molecule has 3 saturated heterocycles. The molecule has 4 aromatic rings. The summed E-state index contributed by atoms with van der Waals surface area (Å²) in [7, 11) is -3.65. The van der Waals surface area contributed by atoms with Crippen molar-refractivity contribution >= 4 is 46.7 Å². The molecule has 7 rings (SSSR count). The zero-order valence-corrected chi connectivity index (χ0v) is 32.7. The average molecular weight is 772 g/mol. The highest BCUT2D eigenvalue weighted by molar-refractivity contribution is 7.56. The molecule has 286 valence electrons. The monoisotopic (exact) mass is 771 g/mol. The zero-order chi connectivity index (χ0) is 37.7. The molecule has 0 saturated carbocycles. The highest BCUT2D eigenvalue weighted by Crippen LogP contribution is 2.47. The van der Waals surface area contributed by atoms with Gasteiger partial charge >= 0.3 is 13.5 Å². The summed E-state index contributed by atoms with van der Waals surface area (Å²) >= 11 is 1.37. The normalized spacial score (nSPS) is 22.1. The second-order valence-electron chi connectivity index (χ2n) is 14.9. The van der Waals surface area contributed by atoms with Crippen molar-refractivity contribution in [2.24, 2.45) is 0 Å². The molecule has 3 fully saturated rings. The van der Waals surface area contributed by atoms with Gasteiger partial charge in [0.25, 0.3) is 5.91 Å². The van der Waals surface area contributed by atoms with Crippen molar-refractivity contribution in [1.82, 2.24) is 25.2 Å². The van der Waals surface area contributed by atoms with Crippen LogP contribution in [0.15, 0.2) is 79.1 Å². The van der Waals surface area contributed by atoms with Gasteiger partial charge in [0.15, 0.2) is 0 Å². The topological polar surface area (TPSA) is 130 Å². The Balaban J connectivity index is 1.00. The fourth-order valence-corrected chi connectivity index (χ4v) is 10.9. The molecule has 0 bridgehead atoms. The third-order valence-electron chi connectivity index (χ3n) is 10.8. The molecule has 3 aliphatic heterocycles. The number of pyridine rings is 1. The molecule has 54 heavy (non-hydrogen) atoms. The van der Waals surface area contributed by atoms with Gasteiger partial charge < -0.3 is 19.5 Å². The smallest absolute Gasteiger partial charge is 0.323 e. The zero-order valence-electron chi connectivity index (χ0n) is 31.0. The van der Waals surface area contributed by atoms with Crippen molar-refractivity contribution in [2.45, 2.75) is 95.0 Å². The number of aromatic nitrogens is 1. The number of para-hydroxylation sites is 1. The van der Waals surface area contributed by atoms with Gasteiger partial charge in [0.2, 0.25) is 5.91 Å². The van der Waals surface area contributed by atoms with Crippen molar-refractivity contribution in [3.05, 3.63) is 95.1 Å². The summed E-state index contributed by atoms with van der Waals surface area (Å²) in [6.07, 6.45) is 9.89. The van der Waals surface area contributed by atoms with Gasteiger partial charge in [-0.2, -0.15) is 0 Å². The lowest BCUT2D eigenvalue weighted by molar-refractivity contribution is -0.145. The highest BCUT2D eigenvalue weighted by atomic mass is 32.1. The molecule has 2 amide bonds. The van der Waals surface area contributed by atoms with E-state index in [-0.39, 0.29) is 30.1 Å². The number of hydrogen-bond donors (Lipinski definition) is 2. The van der Waals surface area contributed by atoms with Gasteiger partial charge in [-0.05, 0) is 98.4 Å². The van der Waals surface area contributed by atoms with E-state index in [2.05, 4.69) is 31.3 Å². The lowest BCUT2D eigenvalue weighted by Gasteiger charge is -2.43. The summed E-state index contributed by atoms with van der Waals surface area (Å²) in [5.74, 6) is 0.190. The van der Waals surface area contributed by atoms with E-state index < -0.39 is 25.6 Å². The molecule has 0 aliphatic carbocycles. The van der Waals surface area contributed by atoms with E-state index in [1.807, 2.05) is 49.5 Å². The Labute approximate surface area is 321 Å². The van der Waals surface area contributed by atoms with Crippen LogP contribution in [-0.2, 0) is 25.1 Å². The van der Waals surface area contributed by atoms with Crippen LogP contribution in [0.2, 0.25) is 0 Å².